The van der Waals surface area contributed by atoms with E-state index in [4.69, 9.17) is 5.73 Å². The Bertz CT molecular complexity index is 414. The molecule has 0 radical (unpaired) electrons. The van der Waals surface area contributed by atoms with Gasteiger partial charge < -0.3 is 5.73 Å². The van der Waals surface area contributed by atoms with Crippen LogP contribution in [0.25, 0.3) is 0 Å². The van der Waals surface area contributed by atoms with Crippen LogP contribution < -0.4 is 5.73 Å². The van der Waals surface area contributed by atoms with Crippen LogP contribution in [0.1, 0.15) is 5.82 Å². The molecule has 0 unspecified atom stereocenters. The summed E-state index contributed by atoms with van der Waals surface area (Å²) in [7, 11) is 0. The van der Waals surface area contributed by atoms with Gasteiger partial charge in [-0.1, -0.05) is 0 Å². The van der Waals surface area contributed by atoms with Crippen molar-refractivity contribution in [3.05, 3.63) is 48.5 Å². The summed E-state index contributed by atoms with van der Waals surface area (Å²) < 4.78 is 0. The molecule has 2 aromatic rings. The molecule has 2 N–H and O–H groups in total. The minimum Gasteiger partial charge on any atom is -0.399 e. The van der Waals surface area contributed by atoms with E-state index in [1.165, 1.54) is 4.90 Å². The molecular weight excluding hydrogens is 206 g/mol. The van der Waals surface area contributed by atoms with Crippen molar-refractivity contribution in [3.63, 3.8) is 0 Å². The molecule has 4 heteroatoms. The van der Waals surface area contributed by atoms with Crippen molar-refractivity contribution >= 4 is 17.4 Å². The lowest BCUT2D eigenvalue weighted by atomic mass is 10.3. The molecule has 15 heavy (non-hydrogen) atoms. The van der Waals surface area contributed by atoms with E-state index in [0.29, 0.717) is 0 Å². The summed E-state index contributed by atoms with van der Waals surface area (Å²) >= 11 is 1.70. The van der Waals surface area contributed by atoms with Crippen molar-refractivity contribution < 1.29 is 0 Å². The SMILES string of the molecule is Nc1ccc(SCc2ncccn2)cc1. The van der Waals surface area contributed by atoms with Crippen LogP contribution in [-0.4, -0.2) is 9.97 Å². The van der Waals surface area contributed by atoms with Gasteiger partial charge in [0.15, 0.2) is 0 Å². The molecular formula is C11H11N3S. The molecule has 1 heterocycles. The molecule has 76 valence electrons. The molecule has 0 saturated carbocycles. The first kappa shape index (κ1) is 9.98. The van der Waals surface area contributed by atoms with Gasteiger partial charge in [-0.05, 0) is 30.3 Å². The predicted octanol–water partition coefficient (Wildman–Crippen LogP) is 2.35. The number of aromatic nitrogens is 2. The van der Waals surface area contributed by atoms with Crippen molar-refractivity contribution in [2.45, 2.75) is 10.6 Å². The second kappa shape index (κ2) is 4.79. The quantitative estimate of drug-likeness (QED) is 0.633. The van der Waals surface area contributed by atoms with E-state index < -0.39 is 0 Å². The number of anilines is 1. The van der Waals surface area contributed by atoms with E-state index in [1.807, 2.05) is 30.3 Å². The van der Waals surface area contributed by atoms with Crippen LogP contribution in [0.5, 0.6) is 0 Å². The molecule has 3 nitrogen and oxygen atoms in total. The third-order valence-corrected chi connectivity index (χ3v) is 2.88. The maximum atomic E-state index is 5.60. The minimum absolute atomic E-state index is 0.782. The van der Waals surface area contributed by atoms with Gasteiger partial charge in [0.2, 0.25) is 0 Å². The highest BCUT2D eigenvalue weighted by Gasteiger charge is 1.97. The summed E-state index contributed by atoms with van der Waals surface area (Å²) in [5.74, 6) is 1.63. The van der Waals surface area contributed by atoms with Gasteiger partial charge >= 0.3 is 0 Å². The average Bonchev–Trinajstić information content (AvgIpc) is 2.30. The average molecular weight is 217 g/mol. The van der Waals surface area contributed by atoms with Crippen molar-refractivity contribution in [2.75, 3.05) is 5.73 Å². The number of hydrogen-bond donors (Lipinski definition) is 1. The monoisotopic (exact) mass is 217 g/mol. The zero-order valence-corrected chi connectivity index (χ0v) is 8.95. The predicted molar refractivity (Wildman–Crippen MR) is 62.4 cm³/mol. The second-order valence-electron chi connectivity index (χ2n) is 3.02. The van der Waals surface area contributed by atoms with Crippen molar-refractivity contribution in [1.82, 2.24) is 9.97 Å². The van der Waals surface area contributed by atoms with Gasteiger partial charge in [-0.25, -0.2) is 9.97 Å². The Morgan fingerprint density at radius 3 is 2.40 bits per heavy atom. The number of benzene rings is 1. The van der Waals surface area contributed by atoms with Gasteiger partial charge in [0.05, 0.1) is 5.75 Å². The molecule has 1 aromatic carbocycles. The standard InChI is InChI=1S/C11H11N3S/c12-9-2-4-10(5-3-9)15-8-11-13-6-1-7-14-11/h1-7H,8,12H2. The lowest BCUT2D eigenvalue weighted by molar-refractivity contribution is 1.03. The molecule has 0 aliphatic rings. The highest BCUT2D eigenvalue weighted by atomic mass is 32.2. The molecule has 1 aromatic heterocycles. The van der Waals surface area contributed by atoms with Crippen LogP contribution >= 0.6 is 11.8 Å². The van der Waals surface area contributed by atoms with E-state index in [-0.39, 0.29) is 0 Å². The number of nitrogens with two attached hydrogens (primary N) is 1. The molecule has 0 atom stereocenters. The van der Waals surface area contributed by atoms with Crippen LogP contribution in [-0.2, 0) is 5.75 Å². The van der Waals surface area contributed by atoms with Crippen LogP contribution in [0.2, 0.25) is 0 Å². The maximum absolute atomic E-state index is 5.60. The van der Waals surface area contributed by atoms with Gasteiger partial charge in [0.1, 0.15) is 5.82 Å². The summed E-state index contributed by atoms with van der Waals surface area (Å²) in [5.41, 5.74) is 6.39. The van der Waals surface area contributed by atoms with Gasteiger partial charge in [-0.3, -0.25) is 0 Å². The maximum Gasteiger partial charge on any atom is 0.138 e. The molecule has 2 rings (SSSR count). The number of nitrogen functional groups attached to an aromatic ring is 1. The van der Waals surface area contributed by atoms with Crippen molar-refractivity contribution in [1.29, 1.82) is 0 Å². The Hall–Kier alpha value is -1.55. The second-order valence-corrected chi connectivity index (χ2v) is 4.07. The minimum atomic E-state index is 0.782. The zero-order valence-electron chi connectivity index (χ0n) is 8.13. The lowest BCUT2D eigenvalue weighted by Gasteiger charge is -2.00. The molecule has 0 bridgehead atoms. The van der Waals surface area contributed by atoms with E-state index in [2.05, 4.69) is 9.97 Å². The zero-order chi connectivity index (χ0) is 10.5. The third kappa shape index (κ3) is 2.95. The molecule has 0 aliphatic carbocycles. The van der Waals surface area contributed by atoms with Crippen molar-refractivity contribution in [3.8, 4) is 0 Å². The Kier molecular flexibility index (Phi) is 3.19. The number of hydrogen-bond acceptors (Lipinski definition) is 4. The summed E-state index contributed by atoms with van der Waals surface area (Å²) in [6.07, 6.45) is 3.51. The lowest BCUT2D eigenvalue weighted by Crippen LogP contribution is -1.89. The summed E-state index contributed by atoms with van der Waals surface area (Å²) in [6, 6.07) is 9.62. The van der Waals surface area contributed by atoms with Crippen LogP contribution in [0.3, 0.4) is 0 Å². The first-order valence-electron chi connectivity index (χ1n) is 4.59. The normalized spacial score (nSPS) is 10.1. The molecule has 0 fully saturated rings. The first-order valence-corrected chi connectivity index (χ1v) is 5.57. The molecule has 0 spiro atoms. The fraction of sp³-hybridized carbons (Fsp3) is 0.0909. The Balaban J connectivity index is 1.96. The Labute approximate surface area is 92.8 Å². The van der Waals surface area contributed by atoms with Crippen molar-refractivity contribution in [2.24, 2.45) is 0 Å². The van der Waals surface area contributed by atoms with Crippen LogP contribution in [0.4, 0.5) is 5.69 Å². The van der Waals surface area contributed by atoms with E-state index in [0.717, 1.165) is 17.3 Å². The smallest absolute Gasteiger partial charge is 0.138 e. The van der Waals surface area contributed by atoms with E-state index in [9.17, 15) is 0 Å². The molecule has 0 aliphatic heterocycles. The highest BCUT2D eigenvalue weighted by molar-refractivity contribution is 7.98. The topological polar surface area (TPSA) is 51.8 Å². The number of rotatable bonds is 3. The van der Waals surface area contributed by atoms with Gasteiger partial charge in [0, 0.05) is 23.0 Å². The Morgan fingerprint density at radius 1 is 1.07 bits per heavy atom. The van der Waals surface area contributed by atoms with Crippen LogP contribution in [0, 0.1) is 0 Å². The summed E-state index contributed by atoms with van der Waals surface area (Å²) in [6.45, 7) is 0. The first-order chi connectivity index (χ1) is 7.34. The third-order valence-electron chi connectivity index (χ3n) is 1.87. The van der Waals surface area contributed by atoms with Gasteiger partial charge in [-0.15, -0.1) is 11.8 Å². The number of thioether (sulfide) groups is 1. The van der Waals surface area contributed by atoms with Crippen LogP contribution in [0.15, 0.2) is 47.6 Å². The number of nitrogens with zero attached hydrogens (tertiary/aromatic N) is 2. The fourth-order valence-electron chi connectivity index (χ4n) is 1.12. The summed E-state index contributed by atoms with van der Waals surface area (Å²) in [5, 5.41) is 0. The highest BCUT2D eigenvalue weighted by Crippen LogP contribution is 2.21. The van der Waals surface area contributed by atoms with E-state index >= 15 is 0 Å². The Morgan fingerprint density at radius 2 is 1.73 bits per heavy atom. The molecule has 0 saturated heterocycles. The fourth-order valence-corrected chi connectivity index (χ4v) is 1.89. The van der Waals surface area contributed by atoms with Gasteiger partial charge in [0.25, 0.3) is 0 Å². The van der Waals surface area contributed by atoms with Gasteiger partial charge in [-0.2, -0.15) is 0 Å². The largest absolute Gasteiger partial charge is 0.399 e. The molecule has 0 amide bonds. The van der Waals surface area contributed by atoms with E-state index in [1.54, 1.807) is 24.2 Å². The summed E-state index contributed by atoms with van der Waals surface area (Å²) in [4.78, 5) is 9.49.